The maximum absolute atomic E-state index is 10.00. The molecule has 1 rings (SSSR count). The van der Waals surface area contributed by atoms with E-state index in [9.17, 15) is 4.79 Å². The van der Waals surface area contributed by atoms with Crippen molar-refractivity contribution in [2.45, 2.75) is 12.4 Å². The van der Waals surface area contributed by atoms with Gasteiger partial charge in [0.15, 0.2) is 0 Å². The molecule has 0 N–H and O–H groups in total. The number of hydrogen-bond donors (Lipinski definition) is 1. The summed E-state index contributed by atoms with van der Waals surface area (Å²) in [7, 11) is -0.355. The predicted octanol–water partition coefficient (Wildman–Crippen LogP) is 2.31. The zero-order valence-electron chi connectivity index (χ0n) is 6.03. The molecule has 0 amide bonds. The van der Waals surface area contributed by atoms with Crippen LogP contribution >= 0.6 is 33.5 Å². The van der Waals surface area contributed by atoms with Gasteiger partial charge in [-0.05, 0) is 46.4 Å². The summed E-state index contributed by atoms with van der Waals surface area (Å²) < 4.78 is 6.05. The highest BCUT2D eigenvalue weighted by atomic mass is 127. The Balaban J connectivity index is 2.50. The van der Waals surface area contributed by atoms with Crippen LogP contribution in [0.4, 0.5) is 0 Å². The summed E-state index contributed by atoms with van der Waals surface area (Å²) >= 11 is 2.26. The Kier molecular flexibility index (Phi) is 3.45. The molecule has 2 unspecified atom stereocenters. The van der Waals surface area contributed by atoms with E-state index in [-0.39, 0.29) is 16.3 Å². The topological polar surface area (TPSA) is 26.3 Å². The van der Waals surface area contributed by atoms with Crippen LogP contribution in [0.15, 0.2) is 20.5 Å². The van der Waals surface area contributed by atoms with Crippen molar-refractivity contribution in [1.82, 2.24) is 0 Å². The zero-order chi connectivity index (χ0) is 8.27. The van der Waals surface area contributed by atoms with E-state index < -0.39 is 0 Å². The van der Waals surface area contributed by atoms with Gasteiger partial charge >= 0.3 is 0 Å². The summed E-state index contributed by atoms with van der Waals surface area (Å²) in [6.45, 7) is 2.43. The zero-order valence-corrected chi connectivity index (χ0v) is 9.08. The number of carbonyl (C=O) groups is 1. The Bertz CT molecular complexity index is 212. The van der Waals surface area contributed by atoms with E-state index >= 15 is 0 Å². The van der Waals surface area contributed by atoms with E-state index in [1.54, 1.807) is 0 Å². The lowest BCUT2D eigenvalue weighted by Gasteiger charge is -2.16. The van der Waals surface area contributed by atoms with Gasteiger partial charge in [-0.15, -0.1) is 0 Å². The average Bonchev–Trinajstić information content (AvgIpc) is 2.36. The number of carbonyl (C=O) groups excluding carboxylic acids is 1. The molecule has 0 bridgehead atoms. The molecule has 62 valence electrons. The van der Waals surface area contributed by atoms with Crippen LogP contribution in [0.25, 0.3) is 0 Å². The van der Waals surface area contributed by atoms with Gasteiger partial charge in [-0.3, -0.25) is 4.79 Å². The van der Waals surface area contributed by atoms with Gasteiger partial charge in [0.2, 0.25) is 0 Å². The summed E-state index contributed by atoms with van der Waals surface area (Å²) in [6.07, 6.45) is 2.05. The number of hydrogen-bond acceptors (Lipinski definition) is 2. The van der Waals surface area contributed by atoms with Crippen molar-refractivity contribution in [2.24, 2.45) is 0 Å². The molecule has 0 saturated heterocycles. The Morgan fingerprint density at radius 2 is 2.55 bits per heavy atom. The first-order valence-corrected chi connectivity index (χ1v) is 5.79. The molecule has 2 nitrogen and oxygen atoms in total. The summed E-state index contributed by atoms with van der Waals surface area (Å²) in [5, 5.41) is 4.25. The fourth-order valence-electron chi connectivity index (χ4n) is 0.763. The number of halogens is 1. The molecule has 0 aromatic rings. The monoisotopic (exact) mass is 284 g/mol. The predicted molar refractivity (Wildman–Crippen MR) is 56.8 cm³/mol. The van der Waals surface area contributed by atoms with E-state index in [4.69, 9.17) is 4.74 Å². The van der Waals surface area contributed by atoms with Crippen molar-refractivity contribution in [1.29, 1.82) is 0 Å². The summed E-state index contributed by atoms with van der Waals surface area (Å²) in [4.78, 5) is 10.00. The molecule has 1 aliphatic heterocycles. The Morgan fingerprint density at radius 3 is 3.00 bits per heavy atom. The van der Waals surface area contributed by atoms with Crippen molar-refractivity contribution in [3.63, 3.8) is 0 Å². The van der Waals surface area contributed by atoms with Crippen molar-refractivity contribution in [2.75, 3.05) is 0 Å². The third kappa shape index (κ3) is 2.52. The van der Waals surface area contributed by atoms with E-state index in [0.717, 1.165) is 0 Å². The molecule has 0 fully saturated rings. The largest absolute Gasteiger partial charge is 0.455 e. The second-order valence-corrected chi connectivity index (χ2v) is 5.53. The van der Waals surface area contributed by atoms with Gasteiger partial charge in [-0.1, -0.05) is 0 Å². The summed E-state index contributed by atoms with van der Waals surface area (Å²) in [6, 6.07) is 0. The van der Waals surface area contributed by atoms with Gasteiger partial charge in [0, 0.05) is 3.58 Å². The second kappa shape index (κ2) is 4.15. The van der Waals surface area contributed by atoms with Crippen LogP contribution in [0.3, 0.4) is 0 Å². The molecule has 0 radical (unpaired) electrons. The first kappa shape index (κ1) is 9.12. The van der Waals surface area contributed by atoms with Gasteiger partial charge < -0.3 is 4.74 Å². The van der Waals surface area contributed by atoms with Gasteiger partial charge in [0.25, 0.3) is 6.47 Å². The Morgan fingerprint density at radius 1 is 1.82 bits per heavy atom. The van der Waals surface area contributed by atoms with E-state index in [2.05, 4.69) is 39.5 Å². The molecule has 0 aromatic heterocycles. The molecular weight excluding hydrogens is 275 g/mol. The third-order valence-corrected chi connectivity index (χ3v) is 4.55. The molecule has 2 atom stereocenters. The van der Waals surface area contributed by atoms with Crippen LogP contribution < -0.4 is 0 Å². The lowest BCUT2D eigenvalue weighted by atomic mass is 10.6. The van der Waals surface area contributed by atoms with Crippen LogP contribution in [-0.4, -0.2) is 11.9 Å². The number of ether oxygens (including phenoxy) is 1. The van der Waals surface area contributed by atoms with Gasteiger partial charge in [0.05, 0.1) is 0 Å². The van der Waals surface area contributed by atoms with Gasteiger partial charge in [-0.25, -0.2) is 0 Å². The highest BCUT2D eigenvalue weighted by Gasteiger charge is 2.12. The number of rotatable bonds is 3. The molecule has 11 heavy (non-hydrogen) atoms. The smallest absolute Gasteiger partial charge is 0.294 e. The highest BCUT2D eigenvalue weighted by Crippen LogP contribution is 2.42. The minimum atomic E-state index is -0.355. The molecule has 0 aliphatic carbocycles. The van der Waals surface area contributed by atoms with Crippen LogP contribution in [-0.2, 0) is 9.53 Å². The molecule has 0 spiro atoms. The normalized spacial score (nSPS) is 27.8. The molecule has 4 heteroatoms. The lowest BCUT2D eigenvalue weighted by Crippen LogP contribution is -2.03. The maximum atomic E-state index is 10.00. The SMILES string of the molecule is CC(OC=O)[SH]1C=CC(I)=C1. The molecule has 0 aromatic carbocycles. The van der Waals surface area contributed by atoms with Gasteiger partial charge in [-0.2, -0.15) is 10.9 Å². The quantitative estimate of drug-likeness (QED) is 0.489. The van der Waals surface area contributed by atoms with Gasteiger partial charge in [0.1, 0.15) is 5.44 Å². The minimum Gasteiger partial charge on any atom is -0.455 e. The fraction of sp³-hybridized carbons (Fsp3) is 0.286. The van der Waals surface area contributed by atoms with Crippen molar-refractivity contribution in [3.05, 3.63) is 20.5 Å². The second-order valence-electron chi connectivity index (χ2n) is 2.11. The Hall–Kier alpha value is 0.0300. The van der Waals surface area contributed by atoms with Crippen LogP contribution in [0.1, 0.15) is 6.92 Å². The Labute approximate surface area is 82.2 Å². The molecular formula is C7H9IO2S. The lowest BCUT2D eigenvalue weighted by molar-refractivity contribution is -0.129. The number of thiol groups is 1. The maximum Gasteiger partial charge on any atom is 0.294 e. The summed E-state index contributed by atoms with van der Waals surface area (Å²) in [5.41, 5.74) is 0.0195. The fourth-order valence-corrected chi connectivity index (χ4v) is 3.62. The van der Waals surface area contributed by atoms with Crippen LogP contribution in [0.5, 0.6) is 0 Å². The van der Waals surface area contributed by atoms with Crippen molar-refractivity contribution in [3.8, 4) is 0 Å². The minimum absolute atomic E-state index is 0.0195. The molecule has 1 aliphatic rings. The van der Waals surface area contributed by atoms with Crippen molar-refractivity contribution < 1.29 is 9.53 Å². The summed E-state index contributed by atoms with van der Waals surface area (Å²) in [5.74, 6) is 0. The van der Waals surface area contributed by atoms with Crippen LogP contribution in [0, 0.1) is 0 Å². The third-order valence-electron chi connectivity index (χ3n) is 1.35. The van der Waals surface area contributed by atoms with E-state index in [1.807, 2.05) is 6.92 Å². The van der Waals surface area contributed by atoms with E-state index in [0.29, 0.717) is 6.47 Å². The average molecular weight is 284 g/mol. The highest BCUT2D eigenvalue weighted by molar-refractivity contribution is 14.1. The standard InChI is InChI=1S/C7H9IO2S/c1-6(10-5-9)11-3-2-7(8)4-11/h2-6,11H,1H3. The van der Waals surface area contributed by atoms with E-state index in [1.165, 1.54) is 3.58 Å². The van der Waals surface area contributed by atoms with Crippen LogP contribution in [0.2, 0.25) is 0 Å². The van der Waals surface area contributed by atoms with Crippen molar-refractivity contribution >= 4 is 40.0 Å². The molecule has 1 heterocycles. The first-order chi connectivity index (χ1) is 5.24. The molecule has 0 saturated carbocycles. The first-order valence-electron chi connectivity index (χ1n) is 3.16. The number of allylic oxidation sites excluding steroid dienone is 2.